The van der Waals surface area contributed by atoms with E-state index in [9.17, 15) is 4.79 Å². The second-order valence-corrected chi connectivity index (χ2v) is 6.70. The summed E-state index contributed by atoms with van der Waals surface area (Å²) in [5.74, 6) is -0.00163. The largest absolute Gasteiger partial charge is 0.447 e. The Hall–Kier alpha value is -2.10. The fraction of sp³-hybridized carbons (Fsp3) is 0.524. The average molecular weight is 342 g/mol. The third-order valence-electron chi connectivity index (χ3n) is 4.89. The van der Waals surface area contributed by atoms with Crippen LogP contribution in [0.4, 0.5) is 0 Å². The van der Waals surface area contributed by atoms with Crippen LogP contribution in [0.1, 0.15) is 76.2 Å². The van der Waals surface area contributed by atoms with Crippen LogP contribution in [0, 0.1) is 0 Å². The predicted molar refractivity (Wildman–Crippen MR) is 100 cm³/mol. The van der Waals surface area contributed by atoms with Crippen LogP contribution in [-0.4, -0.2) is 10.9 Å². The molecular weight excluding hydrogens is 312 g/mol. The van der Waals surface area contributed by atoms with Gasteiger partial charge in [-0.15, -0.1) is 0 Å². The van der Waals surface area contributed by atoms with E-state index in [-0.39, 0.29) is 0 Å². The summed E-state index contributed by atoms with van der Waals surface area (Å²) >= 11 is 0. The Labute approximate surface area is 150 Å². The molecule has 0 fully saturated rings. The van der Waals surface area contributed by atoms with E-state index in [0.717, 1.165) is 18.4 Å². The van der Waals surface area contributed by atoms with Gasteiger partial charge in [-0.2, -0.15) is 0 Å². The van der Waals surface area contributed by atoms with Crippen LogP contribution in [-0.2, 0) is 10.2 Å². The number of hydrogen-bond donors (Lipinski definition) is 1. The molecule has 0 bridgehead atoms. The molecule has 2 N–H and O–H groups in total. The third-order valence-corrected chi connectivity index (χ3v) is 4.89. The topological polar surface area (TPSA) is 69.1 Å². The van der Waals surface area contributed by atoms with Crippen LogP contribution in [0.25, 0.3) is 0 Å². The highest BCUT2D eigenvalue weighted by atomic mass is 16.3. The summed E-state index contributed by atoms with van der Waals surface area (Å²) in [5.41, 5.74) is 5.73. The molecule has 1 heterocycles. The molecule has 4 heteroatoms. The molecule has 0 radical (unpaired) electrons. The zero-order valence-corrected chi connectivity index (χ0v) is 15.2. The average Bonchev–Trinajstić information content (AvgIpc) is 3.16. The van der Waals surface area contributed by atoms with Gasteiger partial charge in [0.15, 0.2) is 0 Å². The van der Waals surface area contributed by atoms with E-state index in [0.29, 0.717) is 12.3 Å². The fourth-order valence-corrected chi connectivity index (χ4v) is 3.43. The molecule has 25 heavy (non-hydrogen) atoms. The van der Waals surface area contributed by atoms with E-state index < -0.39 is 11.3 Å². The number of carbonyl (C=O) groups excluding carboxylic acids is 1. The lowest BCUT2D eigenvalue weighted by Crippen LogP contribution is -2.42. The Morgan fingerprint density at radius 3 is 2.24 bits per heavy atom. The second kappa shape index (κ2) is 10.0. The van der Waals surface area contributed by atoms with Crippen LogP contribution in [0.3, 0.4) is 0 Å². The molecule has 1 unspecified atom stereocenters. The minimum absolute atomic E-state index is 0.397. The summed E-state index contributed by atoms with van der Waals surface area (Å²) < 4.78 is 5.53. The van der Waals surface area contributed by atoms with Gasteiger partial charge >= 0.3 is 0 Å². The number of nitrogens with two attached hydrogens (primary N) is 1. The highest BCUT2D eigenvalue weighted by Crippen LogP contribution is 2.36. The number of benzene rings is 1. The van der Waals surface area contributed by atoms with Crippen LogP contribution >= 0.6 is 0 Å². The van der Waals surface area contributed by atoms with E-state index >= 15 is 0 Å². The highest BCUT2D eigenvalue weighted by Gasteiger charge is 2.44. The van der Waals surface area contributed by atoms with Gasteiger partial charge < -0.3 is 10.2 Å². The summed E-state index contributed by atoms with van der Waals surface area (Å²) in [5, 5.41) is 0. The SMILES string of the molecule is CCCCCCCCCCC(C(N)=O)(c1ccccc1)c1ncco1. The Bertz CT molecular complexity index is 610. The standard InChI is InChI=1S/C21H30N2O2/c1-2-3-4-5-6-7-8-12-15-21(19(22)24,20-23-16-17-25-20)18-13-10-9-11-14-18/h9-11,13-14,16-17H,2-8,12,15H2,1H3,(H2,22,24). The third kappa shape index (κ3) is 4.94. The molecule has 1 aromatic carbocycles. The Kier molecular flexibility index (Phi) is 7.71. The van der Waals surface area contributed by atoms with E-state index in [1.807, 2.05) is 30.3 Å². The van der Waals surface area contributed by atoms with Crippen molar-refractivity contribution in [2.75, 3.05) is 0 Å². The summed E-state index contributed by atoms with van der Waals surface area (Å²) in [4.78, 5) is 16.7. The van der Waals surface area contributed by atoms with Gasteiger partial charge in [0.05, 0.1) is 6.20 Å². The van der Waals surface area contributed by atoms with Crippen LogP contribution in [0.15, 0.2) is 47.2 Å². The lowest BCUT2D eigenvalue weighted by atomic mass is 9.75. The van der Waals surface area contributed by atoms with Gasteiger partial charge in [-0.1, -0.05) is 88.6 Å². The lowest BCUT2D eigenvalue weighted by molar-refractivity contribution is -0.123. The maximum Gasteiger partial charge on any atom is 0.237 e. The second-order valence-electron chi connectivity index (χ2n) is 6.70. The number of unbranched alkanes of at least 4 members (excludes halogenated alkanes) is 7. The van der Waals surface area contributed by atoms with Crippen molar-refractivity contribution in [1.82, 2.24) is 4.98 Å². The van der Waals surface area contributed by atoms with Crippen LogP contribution in [0.2, 0.25) is 0 Å². The molecule has 1 atom stereocenters. The molecule has 0 aliphatic heterocycles. The molecule has 1 amide bonds. The normalized spacial score (nSPS) is 13.5. The first kappa shape index (κ1) is 19.2. The summed E-state index contributed by atoms with van der Waals surface area (Å²) in [7, 11) is 0. The van der Waals surface area contributed by atoms with E-state index in [1.54, 1.807) is 6.20 Å². The van der Waals surface area contributed by atoms with Gasteiger partial charge in [-0.05, 0) is 12.0 Å². The van der Waals surface area contributed by atoms with Crippen molar-refractivity contribution < 1.29 is 9.21 Å². The van der Waals surface area contributed by atoms with Crippen LogP contribution < -0.4 is 5.73 Å². The molecule has 0 saturated heterocycles. The lowest BCUT2D eigenvalue weighted by Gasteiger charge is -2.28. The van der Waals surface area contributed by atoms with Crippen molar-refractivity contribution in [1.29, 1.82) is 0 Å². The Morgan fingerprint density at radius 1 is 1.04 bits per heavy atom. The maximum atomic E-state index is 12.5. The van der Waals surface area contributed by atoms with Gasteiger partial charge in [0.2, 0.25) is 11.8 Å². The summed E-state index contributed by atoms with van der Waals surface area (Å²) in [6.45, 7) is 2.23. The molecule has 2 rings (SSSR count). The zero-order chi connectivity index (χ0) is 18.0. The molecule has 1 aromatic heterocycles. The molecule has 0 saturated carbocycles. The van der Waals surface area contributed by atoms with Crippen molar-refractivity contribution in [2.45, 2.75) is 70.1 Å². The molecular formula is C21H30N2O2. The number of rotatable bonds is 12. The van der Waals surface area contributed by atoms with Gasteiger partial charge in [0, 0.05) is 0 Å². The molecule has 4 nitrogen and oxygen atoms in total. The van der Waals surface area contributed by atoms with Crippen molar-refractivity contribution in [3.63, 3.8) is 0 Å². The number of primary amides is 1. The first-order valence-electron chi connectivity index (χ1n) is 9.47. The van der Waals surface area contributed by atoms with Crippen molar-refractivity contribution in [2.24, 2.45) is 5.73 Å². The first-order valence-corrected chi connectivity index (χ1v) is 9.47. The quantitative estimate of drug-likeness (QED) is 0.553. The maximum absolute atomic E-state index is 12.5. The fourth-order valence-electron chi connectivity index (χ4n) is 3.43. The monoisotopic (exact) mass is 342 g/mol. The summed E-state index contributed by atoms with van der Waals surface area (Å²) in [6, 6.07) is 9.63. The first-order chi connectivity index (χ1) is 12.2. The molecule has 2 aromatic rings. The van der Waals surface area contributed by atoms with Crippen molar-refractivity contribution in [3.8, 4) is 0 Å². The molecule has 0 aliphatic carbocycles. The van der Waals surface area contributed by atoms with Crippen LogP contribution in [0.5, 0.6) is 0 Å². The summed E-state index contributed by atoms with van der Waals surface area (Å²) in [6.07, 6.45) is 13.4. The van der Waals surface area contributed by atoms with Gasteiger partial charge in [0.25, 0.3) is 0 Å². The van der Waals surface area contributed by atoms with Crippen molar-refractivity contribution in [3.05, 3.63) is 54.2 Å². The minimum Gasteiger partial charge on any atom is -0.447 e. The Balaban J connectivity index is 2.02. The number of amides is 1. The van der Waals surface area contributed by atoms with Gasteiger partial charge in [0.1, 0.15) is 11.7 Å². The molecule has 136 valence electrons. The smallest absolute Gasteiger partial charge is 0.237 e. The highest BCUT2D eigenvalue weighted by molar-refractivity contribution is 5.89. The van der Waals surface area contributed by atoms with Gasteiger partial charge in [-0.25, -0.2) is 4.98 Å². The van der Waals surface area contributed by atoms with Gasteiger partial charge in [-0.3, -0.25) is 4.79 Å². The Morgan fingerprint density at radius 2 is 1.68 bits per heavy atom. The number of aromatic nitrogens is 1. The van der Waals surface area contributed by atoms with E-state index in [1.165, 1.54) is 44.8 Å². The zero-order valence-electron chi connectivity index (χ0n) is 15.2. The predicted octanol–water partition coefficient (Wildman–Crippen LogP) is 4.98. The van der Waals surface area contributed by atoms with Crippen molar-refractivity contribution >= 4 is 5.91 Å². The van der Waals surface area contributed by atoms with E-state index in [4.69, 9.17) is 10.2 Å². The minimum atomic E-state index is -0.979. The molecule has 0 spiro atoms. The molecule has 0 aliphatic rings. The van der Waals surface area contributed by atoms with E-state index in [2.05, 4.69) is 11.9 Å². The number of carbonyl (C=O) groups is 1. The number of hydrogen-bond acceptors (Lipinski definition) is 3. The number of oxazole rings is 1. The number of nitrogens with zero attached hydrogens (tertiary/aromatic N) is 1.